The summed E-state index contributed by atoms with van der Waals surface area (Å²) in [5.41, 5.74) is 6.51. The third-order valence-corrected chi connectivity index (χ3v) is 3.95. The fourth-order valence-electron chi connectivity index (χ4n) is 2.50. The summed E-state index contributed by atoms with van der Waals surface area (Å²) in [5.74, 6) is -0.0827. The molecular weight excluding hydrogens is 380 g/mol. The number of hydrogen-bond donors (Lipinski definition) is 1. The molecule has 6 nitrogen and oxygen atoms in total. The Hall–Kier alpha value is -2.99. The van der Waals surface area contributed by atoms with Crippen LogP contribution in [-0.2, 0) is 9.59 Å². The van der Waals surface area contributed by atoms with Gasteiger partial charge in [-0.1, -0.05) is 29.8 Å². The highest BCUT2D eigenvalue weighted by atomic mass is 35.5. The molecule has 0 aliphatic carbocycles. The fraction of sp³-hybridized carbons (Fsp3) is 0.238. The van der Waals surface area contributed by atoms with Gasteiger partial charge < -0.3 is 15.2 Å². The largest absolute Gasteiger partial charge is 0.493 e. The number of carbonyl (C=O) groups is 2. The summed E-state index contributed by atoms with van der Waals surface area (Å²) in [7, 11) is 1.52. The van der Waals surface area contributed by atoms with E-state index in [4.69, 9.17) is 26.8 Å². The van der Waals surface area contributed by atoms with E-state index in [0.717, 1.165) is 0 Å². The molecule has 0 aromatic heterocycles. The Morgan fingerprint density at radius 1 is 1.21 bits per heavy atom. The number of carbonyl (C=O) groups excluding carboxylic acids is 2. The van der Waals surface area contributed by atoms with Gasteiger partial charge in [0.1, 0.15) is 6.54 Å². The van der Waals surface area contributed by atoms with Crippen LogP contribution in [0, 0.1) is 0 Å². The van der Waals surface area contributed by atoms with Crippen LogP contribution in [0.2, 0.25) is 5.02 Å². The van der Waals surface area contributed by atoms with E-state index in [-0.39, 0.29) is 18.6 Å². The lowest BCUT2D eigenvalue weighted by molar-refractivity contribution is -0.120. The van der Waals surface area contributed by atoms with E-state index in [1.165, 1.54) is 18.1 Å². The number of rotatable bonds is 8. The first-order valence-corrected chi connectivity index (χ1v) is 9.06. The number of nitrogens with zero attached hydrogens (tertiary/aromatic N) is 1. The monoisotopic (exact) mass is 402 g/mol. The number of primary amides is 1. The molecule has 0 heterocycles. The molecule has 7 heteroatoms. The molecule has 0 saturated heterocycles. The van der Waals surface area contributed by atoms with Gasteiger partial charge in [0, 0.05) is 11.8 Å². The second-order valence-electron chi connectivity index (χ2n) is 6.26. The molecule has 0 saturated carbocycles. The lowest BCUT2D eigenvalue weighted by Gasteiger charge is -2.19. The molecule has 0 fully saturated rings. The Balaban J connectivity index is 2.28. The van der Waals surface area contributed by atoms with Gasteiger partial charge in [-0.15, -0.1) is 0 Å². The molecule has 2 aromatic rings. The van der Waals surface area contributed by atoms with Crippen molar-refractivity contribution < 1.29 is 19.1 Å². The number of amides is 2. The molecule has 2 rings (SSSR count). The molecule has 148 valence electrons. The average Bonchev–Trinajstić information content (AvgIpc) is 2.66. The van der Waals surface area contributed by atoms with Crippen molar-refractivity contribution in [3.05, 3.63) is 59.1 Å². The van der Waals surface area contributed by atoms with Crippen LogP contribution in [0.3, 0.4) is 0 Å². The molecule has 2 amide bonds. The minimum atomic E-state index is -0.606. The van der Waals surface area contributed by atoms with E-state index < -0.39 is 5.91 Å². The molecule has 2 aromatic carbocycles. The predicted octanol–water partition coefficient (Wildman–Crippen LogP) is 3.67. The third kappa shape index (κ3) is 5.76. The summed E-state index contributed by atoms with van der Waals surface area (Å²) in [6.07, 6.45) is 2.87. The molecule has 0 unspecified atom stereocenters. The Bertz CT molecular complexity index is 866. The highest BCUT2D eigenvalue weighted by Crippen LogP contribution is 2.37. The van der Waals surface area contributed by atoms with Crippen molar-refractivity contribution in [3.8, 4) is 11.5 Å². The van der Waals surface area contributed by atoms with Gasteiger partial charge in [0.25, 0.3) is 5.91 Å². The lowest BCUT2D eigenvalue weighted by atomic mass is 10.1. The highest BCUT2D eigenvalue weighted by molar-refractivity contribution is 6.32. The molecule has 0 bridgehead atoms. The van der Waals surface area contributed by atoms with E-state index in [1.807, 2.05) is 19.9 Å². The zero-order chi connectivity index (χ0) is 20.7. The maximum absolute atomic E-state index is 12.6. The molecule has 0 aliphatic rings. The maximum Gasteiger partial charge on any atom is 0.251 e. The van der Waals surface area contributed by atoms with Crippen LogP contribution in [0.4, 0.5) is 5.69 Å². The predicted molar refractivity (Wildman–Crippen MR) is 111 cm³/mol. The van der Waals surface area contributed by atoms with Crippen LogP contribution in [0.5, 0.6) is 11.5 Å². The highest BCUT2D eigenvalue weighted by Gasteiger charge is 2.16. The first kappa shape index (κ1) is 21.3. The Kier molecular flexibility index (Phi) is 7.46. The van der Waals surface area contributed by atoms with Crippen molar-refractivity contribution in [1.82, 2.24) is 0 Å². The summed E-state index contributed by atoms with van der Waals surface area (Å²) in [4.78, 5) is 25.3. The van der Waals surface area contributed by atoms with Crippen LogP contribution in [0.1, 0.15) is 19.4 Å². The van der Waals surface area contributed by atoms with Crippen LogP contribution >= 0.6 is 11.6 Å². The number of benzene rings is 2. The molecule has 0 aliphatic heterocycles. The van der Waals surface area contributed by atoms with Crippen molar-refractivity contribution in [3.63, 3.8) is 0 Å². The van der Waals surface area contributed by atoms with Gasteiger partial charge >= 0.3 is 0 Å². The minimum Gasteiger partial charge on any atom is -0.493 e. The zero-order valence-electron chi connectivity index (χ0n) is 16.0. The van der Waals surface area contributed by atoms with Crippen molar-refractivity contribution in [2.75, 3.05) is 18.6 Å². The van der Waals surface area contributed by atoms with E-state index in [2.05, 4.69) is 0 Å². The average molecular weight is 403 g/mol. The molecular formula is C21H23ClN2O4. The second kappa shape index (κ2) is 9.80. The van der Waals surface area contributed by atoms with E-state index in [1.54, 1.807) is 42.5 Å². The van der Waals surface area contributed by atoms with E-state index >= 15 is 0 Å². The molecule has 28 heavy (non-hydrogen) atoms. The summed E-state index contributed by atoms with van der Waals surface area (Å²) in [6, 6.07) is 12.2. The first-order valence-electron chi connectivity index (χ1n) is 8.69. The Morgan fingerprint density at radius 2 is 1.89 bits per heavy atom. The van der Waals surface area contributed by atoms with Crippen LogP contribution < -0.4 is 20.1 Å². The smallest absolute Gasteiger partial charge is 0.251 e. The van der Waals surface area contributed by atoms with Gasteiger partial charge in [-0.2, -0.15) is 0 Å². The van der Waals surface area contributed by atoms with Gasteiger partial charge in [0.2, 0.25) is 5.91 Å². The van der Waals surface area contributed by atoms with Crippen LogP contribution in [-0.4, -0.2) is 31.6 Å². The molecule has 0 radical (unpaired) electrons. The molecule has 2 N–H and O–H groups in total. The summed E-state index contributed by atoms with van der Waals surface area (Å²) in [6.45, 7) is 3.55. The Labute approximate surface area is 169 Å². The van der Waals surface area contributed by atoms with Gasteiger partial charge in [0.05, 0.1) is 18.2 Å². The van der Waals surface area contributed by atoms with Gasteiger partial charge in [-0.25, -0.2) is 0 Å². The minimum absolute atomic E-state index is 0.0670. The van der Waals surface area contributed by atoms with Gasteiger partial charge in [-0.3, -0.25) is 14.5 Å². The lowest BCUT2D eigenvalue weighted by Crippen LogP contribution is -2.37. The normalized spacial score (nSPS) is 10.9. The quantitative estimate of drug-likeness (QED) is 0.683. The zero-order valence-corrected chi connectivity index (χ0v) is 16.8. The van der Waals surface area contributed by atoms with Crippen molar-refractivity contribution in [2.45, 2.75) is 20.0 Å². The standard InChI is InChI=1S/C21H23ClN2O4/c1-14(2)28-21-17(22)11-15(12-18(21)27-3)9-10-20(26)24(13-19(23)25)16-7-5-4-6-8-16/h4-12,14H,13H2,1-3H3,(H2,23,25)/b10-9+. The van der Waals surface area contributed by atoms with Crippen molar-refractivity contribution in [1.29, 1.82) is 0 Å². The third-order valence-electron chi connectivity index (χ3n) is 3.67. The number of methoxy groups -OCH3 is 1. The Morgan fingerprint density at radius 3 is 2.46 bits per heavy atom. The maximum atomic E-state index is 12.6. The molecule has 0 atom stereocenters. The summed E-state index contributed by atoms with van der Waals surface area (Å²) >= 11 is 6.30. The number of anilines is 1. The van der Waals surface area contributed by atoms with Crippen molar-refractivity contribution >= 4 is 35.2 Å². The topological polar surface area (TPSA) is 81.9 Å². The van der Waals surface area contributed by atoms with Crippen molar-refractivity contribution in [2.24, 2.45) is 5.73 Å². The number of nitrogens with two attached hydrogens (primary N) is 1. The number of halogens is 1. The SMILES string of the molecule is COc1cc(/C=C/C(=O)N(CC(N)=O)c2ccccc2)cc(Cl)c1OC(C)C. The fourth-order valence-corrected chi connectivity index (χ4v) is 2.77. The first-order chi connectivity index (χ1) is 13.3. The molecule has 0 spiro atoms. The van der Waals surface area contributed by atoms with Gasteiger partial charge in [0.15, 0.2) is 11.5 Å². The van der Waals surface area contributed by atoms with Crippen LogP contribution in [0.15, 0.2) is 48.5 Å². The number of hydrogen-bond acceptors (Lipinski definition) is 4. The summed E-state index contributed by atoms with van der Waals surface area (Å²) < 4.78 is 11.0. The number of para-hydroxylation sites is 1. The number of ether oxygens (including phenoxy) is 2. The van der Waals surface area contributed by atoms with E-state index in [9.17, 15) is 9.59 Å². The second-order valence-corrected chi connectivity index (χ2v) is 6.67. The van der Waals surface area contributed by atoms with E-state index in [0.29, 0.717) is 27.8 Å². The summed E-state index contributed by atoms with van der Waals surface area (Å²) in [5, 5.41) is 0.372. The van der Waals surface area contributed by atoms with Gasteiger partial charge in [-0.05, 0) is 49.8 Å². The van der Waals surface area contributed by atoms with Crippen LogP contribution in [0.25, 0.3) is 6.08 Å².